The van der Waals surface area contributed by atoms with Crippen molar-refractivity contribution < 1.29 is 40.7 Å². The molecule has 0 aliphatic heterocycles. The second-order valence-electron chi connectivity index (χ2n) is 8.84. The van der Waals surface area contributed by atoms with Gasteiger partial charge in [-0.1, -0.05) is 24.8 Å². The van der Waals surface area contributed by atoms with Crippen LogP contribution in [0.3, 0.4) is 0 Å². The van der Waals surface area contributed by atoms with Crippen molar-refractivity contribution in [3.05, 3.63) is 84.0 Å². The van der Waals surface area contributed by atoms with Gasteiger partial charge in [0, 0.05) is 25.5 Å². The number of rotatable bonds is 11. The minimum absolute atomic E-state index is 0.225. The normalized spacial score (nSPS) is 14.0. The number of nitrogens with zero attached hydrogens (tertiary/aromatic N) is 2. The average molecular weight is 587 g/mol. The molecule has 0 bridgehead atoms. The molecule has 4 N–H and O–H groups in total. The summed E-state index contributed by atoms with van der Waals surface area (Å²) >= 11 is 0. The van der Waals surface area contributed by atoms with Crippen LogP contribution in [0.2, 0.25) is 0 Å². The summed E-state index contributed by atoms with van der Waals surface area (Å²) in [6, 6.07) is 10.0. The van der Waals surface area contributed by atoms with Crippen LogP contribution >= 0.6 is 0 Å². The summed E-state index contributed by atoms with van der Waals surface area (Å²) in [5.74, 6) is -2.92. The second kappa shape index (κ2) is 12.5. The van der Waals surface area contributed by atoms with Gasteiger partial charge >= 0.3 is 6.18 Å². The van der Waals surface area contributed by atoms with Gasteiger partial charge in [0.05, 0.1) is 29.1 Å². The number of halogens is 4. The molecule has 0 saturated heterocycles. The summed E-state index contributed by atoms with van der Waals surface area (Å²) in [5.41, 5.74) is 2.06. The lowest BCUT2D eigenvalue weighted by Crippen LogP contribution is -2.60. The van der Waals surface area contributed by atoms with Crippen LogP contribution in [-0.2, 0) is 14.6 Å². The molecule has 2 aromatic carbocycles. The Morgan fingerprint density at radius 2 is 1.70 bits per heavy atom. The van der Waals surface area contributed by atoms with E-state index in [1.54, 1.807) is 0 Å². The average Bonchev–Trinajstić information content (AvgIpc) is 2.89. The first kappa shape index (κ1) is 32.3. The van der Waals surface area contributed by atoms with Crippen LogP contribution in [0.4, 0.5) is 23.2 Å². The number of benzene rings is 2. The number of nitrogens with two attached hydrogens (primary N) is 1. The molecule has 9 nitrogen and oxygen atoms in total. The number of sulfone groups is 1. The highest BCUT2D eigenvalue weighted by Crippen LogP contribution is 2.32. The van der Waals surface area contributed by atoms with Crippen LogP contribution in [-0.4, -0.2) is 75.0 Å². The first-order valence-corrected chi connectivity index (χ1v) is 13.6. The second-order valence-corrected chi connectivity index (χ2v) is 10.8. The molecular formula is C26H30F4N4O5S. The summed E-state index contributed by atoms with van der Waals surface area (Å²) in [7, 11) is -2.47. The monoisotopic (exact) mass is 586 g/mol. The number of aliphatic hydroxyl groups is 1. The van der Waals surface area contributed by atoms with E-state index in [0.717, 1.165) is 36.6 Å². The fraction of sp³-hybridized carbons (Fsp3) is 0.308. The quantitative estimate of drug-likeness (QED) is 0.210. The van der Waals surface area contributed by atoms with Gasteiger partial charge in [-0.05, 0) is 43.3 Å². The molecule has 0 aliphatic carbocycles. The molecule has 40 heavy (non-hydrogen) atoms. The molecule has 218 valence electrons. The number of likely N-dealkylation sites (N-methyl/N-ethyl adjacent to an activating group) is 1. The molecule has 2 rings (SSSR count). The highest BCUT2D eigenvalue weighted by atomic mass is 32.2. The Balaban J connectivity index is 2.34. The Kier molecular flexibility index (Phi) is 10.1. The van der Waals surface area contributed by atoms with Crippen molar-refractivity contribution in [2.75, 3.05) is 37.8 Å². The van der Waals surface area contributed by atoms with Gasteiger partial charge in [0.2, 0.25) is 0 Å². The number of hydrogen-bond acceptors (Lipinski definition) is 7. The number of amides is 2. The van der Waals surface area contributed by atoms with Crippen molar-refractivity contribution in [2.24, 2.45) is 5.73 Å². The molecule has 0 saturated carbocycles. The fourth-order valence-electron chi connectivity index (χ4n) is 3.65. The summed E-state index contributed by atoms with van der Waals surface area (Å²) in [4.78, 5) is 27.4. The zero-order valence-electron chi connectivity index (χ0n) is 22.0. The number of anilines is 1. The van der Waals surface area contributed by atoms with E-state index in [-0.39, 0.29) is 28.4 Å². The molecule has 0 aromatic heterocycles. The molecule has 0 spiro atoms. The van der Waals surface area contributed by atoms with Crippen LogP contribution in [0.1, 0.15) is 17.3 Å². The Bertz CT molecular complexity index is 1390. The van der Waals surface area contributed by atoms with Crippen LogP contribution in [0.25, 0.3) is 0 Å². The van der Waals surface area contributed by atoms with E-state index >= 15 is 0 Å². The van der Waals surface area contributed by atoms with Crippen LogP contribution in [0.15, 0.2) is 77.5 Å². The molecular weight excluding hydrogens is 556 g/mol. The van der Waals surface area contributed by atoms with Crippen molar-refractivity contribution in [2.45, 2.75) is 23.6 Å². The lowest BCUT2D eigenvalue weighted by Gasteiger charge is -2.35. The lowest BCUT2D eigenvalue weighted by atomic mass is 10.0. The van der Waals surface area contributed by atoms with E-state index in [1.807, 2.05) is 5.32 Å². The number of hydrogen-bond donors (Lipinski definition) is 3. The number of nitrogens with one attached hydrogen (secondary N) is 1. The van der Waals surface area contributed by atoms with Gasteiger partial charge in [-0.3, -0.25) is 9.59 Å². The number of carbonyl (C=O) groups excluding carboxylic acids is 2. The number of alkyl halides is 3. The predicted molar refractivity (Wildman–Crippen MR) is 141 cm³/mol. The van der Waals surface area contributed by atoms with Crippen molar-refractivity contribution in [1.82, 2.24) is 10.2 Å². The minimum atomic E-state index is -5.32. The van der Waals surface area contributed by atoms with E-state index in [1.165, 1.54) is 43.1 Å². The maximum absolute atomic E-state index is 14.1. The Labute approximate surface area is 229 Å². The molecule has 0 radical (unpaired) electrons. The molecule has 0 fully saturated rings. The molecule has 2 amide bonds. The summed E-state index contributed by atoms with van der Waals surface area (Å²) in [6.45, 7) is 1.79. The van der Waals surface area contributed by atoms with Gasteiger partial charge in [0.15, 0.2) is 15.4 Å². The van der Waals surface area contributed by atoms with Gasteiger partial charge in [-0.15, -0.1) is 0 Å². The van der Waals surface area contributed by atoms with Crippen molar-refractivity contribution in [3.63, 3.8) is 0 Å². The zero-order valence-corrected chi connectivity index (χ0v) is 22.8. The Hall–Kier alpha value is -3.91. The minimum Gasteiger partial charge on any atom is -0.384 e. The largest absolute Gasteiger partial charge is 0.420 e. The van der Waals surface area contributed by atoms with E-state index < -0.39 is 52.3 Å². The maximum Gasteiger partial charge on any atom is 0.420 e. The summed E-state index contributed by atoms with van der Waals surface area (Å²) in [5, 5.41) is 12.6. The first-order valence-electron chi connectivity index (χ1n) is 11.7. The number of carbonyl (C=O) groups is 2. The molecule has 14 heteroatoms. The van der Waals surface area contributed by atoms with Crippen molar-refractivity contribution in [3.8, 4) is 0 Å². The van der Waals surface area contributed by atoms with Gasteiger partial charge in [0.1, 0.15) is 11.6 Å². The Morgan fingerprint density at radius 1 is 1.12 bits per heavy atom. The summed E-state index contributed by atoms with van der Waals surface area (Å²) in [6.07, 6.45) is -3.47. The van der Waals surface area contributed by atoms with Crippen molar-refractivity contribution in [1.29, 1.82) is 0 Å². The van der Waals surface area contributed by atoms with E-state index in [0.29, 0.717) is 10.6 Å². The fourth-order valence-corrected chi connectivity index (χ4v) is 4.53. The molecule has 0 heterocycles. The highest BCUT2D eigenvalue weighted by Gasteiger charge is 2.55. The topological polar surface area (TPSA) is 133 Å². The van der Waals surface area contributed by atoms with Crippen LogP contribution < -0.4 is 16.0 Å². The third-order valence-corrected chi connectivity index (χ3v) is 7.16. The molecule has 1 atom stereocenters. The third-order valence-electron chi connectivity index (χ3n) is 6.01. The SMILES string of the molecule is C=C/C(C(=O)NCC(O)(CN(CC)C(=O)c1ccccc1S(C)(=O)=O)C(F)(F)F)=C(/N)N(C)c1ccc(F)cc1. The standard InChI is InChI=1S/C26H30F4N4O5S/c1-5-19(22(31)33(3)18-13-11-17(27)12-14-18)23(35)32-15-25(37,26(28,29)30)16-34(6-2)24(36)20-9-7-8-10-21(20)40(4,38)39/h5,7-14,37H,1,6,15-16,31H2,2-4H3,(H,32,35)/b22-19+. The predicted octanol–water partition coefficient (Wildman–Crippen LogP) is 2.59. The van der Waals surface area contributed by atoms with Crippen molar-refractivity contribution >= 4 is 27.3 Å². The smallest absolute Gasteiger partial charge is 0.384 e. The lowest BCUT2D eigenvalue weighted by molar-refractivity contribution is -0.260. The maximum atomic E-state index is 14.1. The van der Waals surface area contributed by atoms with Crippen LogP contribution in [0.5, 0.6) is 0 Å². The van der Waals surface area contributed by atoms with Gasteiger partial charge in [0.25, 0.3) is 11.8 Å². The van der Waals surface area contributed by atoms with E-state index in [9.17, 15) is 40.7 Å². The van der Waals surface area contributed by atoms with E-state index in [4.69, 9.17) is 5.73 Å². The Morgan fingerprint density at radius 3 is 2.20 bits per heavy atom. The van der Waals surface area contributed by atoms with Gasteiger partial charge < -0.3 is 26.0 Å². The molecule has 1 unspecified atom stereocenters. The van der Waals surface area contributed by atoms with Gasteiger partial charge in [-0.2, -0.15) is 13.2 Å². The van der Waals surface area contributed by atoms with Gasteiger partial charge in [-0.25, -0.2) is 12.8 Å². The van der Waals surface area contributed by atoms with Crippen LogP contribution in [0, 0.1) is 5.82 Å². The third kappa shape index (κ3) is 7.39. The first-order chi connectivity index (χ1) is 18.5. The summed E-state index contributed by atoms with van der Waals surface area (Å²) < 4.78 is 79.7. The zero-order chi connectivity index (χ0) is 30.5. The molecule has 2 aromatic rings. The molecule has 0 aliphatic rings. The van der Waals surface area contributed by atoms with E-state index in [2.05, 4.69) is 6.58 Å². The highest BCUT2D eigenvalue weighted by molar-refractivity contribution is 7.90.